The largest absolute Gasteiger partial charge is 0.355 e. The summed E-state index contributed by atoms with van der Waals surface area (Å²) >= 11 is 0. The Morgan fingerprint density at radius 3 is 2.59 bits per heavy atom. The molecule has 4 rings (SSSR count). The van der Waals surface area contributed by atoms with Crippen molar-refractivity contribution in [3.05, 3.63) is 36.3 Å². The van der Waals surface area contributed by atoms with Crippen LogP contribution in [0, 0.1) is 0 Å². The van der Waals surface area contributed by atoms with E-state index >= 15 is 0 Å². The Bertz CT molecular complexity index is 867. The molecule has 0 atom stereocenters. The van der Waals surface area contributed by atoms with Crippen molar-refractivity contribution in [2.45, 2.75) is 31.7 Å². The summed E-state index contributed by atoms with van der Waals surface area (Å²) in [4.78, 5) is 33.5. The van der Waals surface area contributed by atoms with Crippen molar-refractivity contribution in [2.75, 3.05) is 36.4 Å². The van der Waals surface area contributed by atoms with Gasteiger partial charge in [0.25, 0.3) is 5.91 Å². The summed E-state index contributed by atoms with van der Waals surface area (Å²) in [5, 5.41) is 10.1. The minimum Gasteiger partial charge on any atom is -0.355 e. The summed E-state index contributed by atoms with van der Waals surface area (Å²) in [6.45, 7) is 3.15. The quantitative estimate of drug-likeness (QED) is 0.821. The third kappa shape index (κ3) is 4.49. The fraction of sp³-hybridized carbons (Fsp3) is 0.500. The van der Waals surface area contributed by atoms with Gasteiger partial charge in [0.15, 0.2) is 5.82 Å². The average Bonchev–Trinajstić information content (AvgIpc) is 3.41. The second kappa shape index (κ2) is 8.50. The number of carbonyl (C=O) groups excluding carboxylic acids is 2. The van der Waals surface area contributed by atoms with E-state index in [9.17, 15) is 9.59 Å². The Morgan fingerprint density at radius 2 is 1.90 bits per heavy atom. The van der Waals surface area contributed by atoms with Crippen molar-refractivity contribution in [2.24, 2.45) is 7.05 Å². The zero-order chi connectivity index (χ0) is 20.2. The molecule has 9 nitrogen and oxygen atoms in total. The first-order valence-corrected chi connectivity index (χ1v) is 10.2. The van der Waals surface area contributed by atoms with E-state index in [-0.39, 0.29) is 18.0 Å². The van der Waals surface area contributed by atoms with E-state index in [1.807, 2.05) is 12.1 Å². The van der Waals surface area contributed by atoms with Gasteiger partial charge in [0.05, 0.1) is 17.4 Å². The molecule has 2 aromatic rings. The minimum atomic E-state index is -0.119. The normalized spacial score (nSPS) is 17.4. The number of pyridine rings is 1. The number of nitrogens with one attached hydrogen (secondary N) is 2. The van der Waals surface area contributed by atoms with Crippen LogP contribution >= 0.6 is 0 Å². The zero-order valence-electron chi connectivity index (χ0n) is 16.7. The monoisotopic (exact) mass is 397 g/mol. The van der Waals surface area contributed by atoms with Crippen LogP contribution in [-0.2, 0) is 7.05 Å². The maximum atomic E-state index is 12.8. The van der Waals surface area contributed by atoms with E-state index in [1.54, 1.807) is 35.2 Å². The van der Waals surface area contributed by atoms with E-state index in [2.05, 4.69) is 25.6 Å². The van der Waals surface area contributed by atoms with Crippen LogP contribution < -0.4 is 15.5 Å². The predicted octanol–water partition coefficient (Wildman–Crippen LogP) is 1.84. The molecule has 2 saturated heterocycles. The van der Waals surface area contributed by atoms with Gasteiger partial charge in [-0.2, -0.15) is 5.10 Å². The molecule has 2 aromatic heterocycles. The number of urea groups is 1. The highest BCUT2D eigenvalue weighted by Crippen LogP contribution is 2.26. The van der Waals surface area contributed by atoms with Crippen LogP contribution in [0.15, 0.2) is 30.7 Å². The van der Waals surface area contributed by atoms with Crippen LogP contribution in [0.4, 0.5) is 16.3 Å². The first-order chi connectivity index (χ1) is 14.1. The molecular weight excluding hydrogens is 370 g/mol. The Balaban J connectivity index is 1.30. The number of piperidine rings is 1. The van der Waals surface area contributed by atoms with Gasteiger partial charge in [-0.25, -0.2) is 9.78 Å². The fourth-order valence-corrected chi connectivity index (χ4v) is 3.90. The lowest BCUT2D eigenvalue weighted by atomic mass is 10.0. The number of aryl methyl sites for hydroxylation is 1. The van der Waals surface area contributed by atoms with E-state index in [1.165, 1.54) is 0 Å². The molecule has 2 fully saturated rings. The number of amides is 3. The standard InChI is InChI=1S/C20H27N7O2/c1-25-14-15(13-22-25)19(28)23-16-6-11-27(12-7-16)20(29)24-17-5-4-8-21-18(17)26-9-2-3-10-26/h4-5,8,13-14,16H,2-3,6-7,9-12H2,1H3,(H,23,28)(H,24,29). The molecule has 2 aliphatic rings. The first-order valence-electron chi connectivity index (χ1n) is 10.2. The lowest BCUT2D eigenvalue weighted by Crippen LogP contribution is -2.47. The highest BCUT2D eigenvalue weighted by molar-refractivity contribution is 5.94. The molecule has 3 amide bonds. The summed E-state index contributed by atoms with van der Waals surface area (Å²) in [5.74, 6) is 0.726. The van der Waals surface area contributed by atoms with Gasteiger partial charge in [-0.3, -0.25) is 9.48 Å². The number of hydrogen-bond donors (Lipinski definition) is 2. The molecule has 0 saturated carbocycles. The lowest BCUT2D eigenvalue weighted by molar-refractivity contribution is 0.0919. The van der Waals surface area contributed by atoms with Gasteiger partial charge in [0.2, 0.25) is 0 Å². The highest BCUT2D eigenvalue weighted by atomic mass is 16.2. The molecule has 0 bridgehead atoms. The maximum Gasteiger partial charge on any atom is 0.321 e. The van der Waals surface area contributed by atoms with Crippen molar-refractivity contribution in [1.29, 1.82) is 0 Å². The third-order valence-electron chi connectivity index (χ3n) is 5.52. The number of rotatable bonds is 4. The summed E-state index contributed by atoms with van der Waals surface area (Å²) in [7, 11) is 1.78. The molecule has 0 radical (unpaired) electrons. The van der Waals surface area contributed by atoms with E-state index in [0.29, 0.717) is 18.7 Å². The Kier molecular flexibility index (Phi) is 5.64. The number of carbonyl (C=O) groups is 2. The van der Waals surface area contributed by atoms with Gasteiger partial charge in [-0.05, 0) is 37.8 Å². The van der Waals surface area contributed by atoms with Crippen LogP contribution in [0.5, 0.6) is 0 Å². The SMILES string of the molecule is Cn1cc(C(=O)NC2CCN(C(=O)Nc3cccnc3N3CCCC3)CC2)cn1. The van der Waals surface area contributed by atoms with Gasteiger partial charge in [0.1, 0.15) is 0 Å². The number of anilines is 2. The van der Waals surface area contributed by atoms with Gasteiger partial charge < -0.3 is 20.4 Å². The highest BCUT2D eigenvalue weighted by Gasteiger charge is 2.26. The number of likely N-dealkylation sites (tertiary alicyclic amines) is 1. The average molecular weight is 397 g/mol. The molecule has 0 unspecified atom stereocenters. The number of aromatic nitrogens is 3. The predicted molar refractivity (Wildman–Crippen MR) is 110 cm³/mol. The maximum absolute atomic E-state index is 12.8. The summed E-state index contributed by atoms with van der Waals surface area (Å²) in [6.07, 6.45) is 8.79. The van der Waals surface area contributed by atoms with Crippen molar-refractivity contribution in [1.82, 2.24) is 25.0 Å². The molecule has 4 heterocycles. The molecule has 2 aliphatic heterocycles. The second-order valence-electron chi connectivity index (χ2n) is 7.64. The van der Waals surface area contributed by atoms with Crippen LogP contribution in [0.2, 0.25) is 0 Å². The molecule has 29 heavy (non-hydrogen) atoms. The van der Waals surface area contributed by atoms with Crippen molar-refractivity contribution in [3.63, 3.8) is 0 Å². The Morgan fingerprint density at radius 1 is 1.14 bits per heavy atom. The summed E-state index contributed by atoms with van der Waals surface area (Å²) in [6, 6.07) is 3.69. The van der Waals surface area contributed by atoms with Crippen LogP contribution in [0.1, 0.15) is 36.0 Å². The van der Waals surface area contributed by atoms with Gasteiger partial charge in [-0.1, -0.05) is 0 Å². The third-order valence-corrected chi connectivity index (χ3v) is 5.52. The smallest absolute Gasteiger partial charge is 0.321 e. The second-order valence-corrected chi connectivity index (χ2v) is 7.64. The Labute approximate surface area is 170 Å². The van der Waals surface area contributed by atoms with Crippen LogP contribution in [0.25, 0.3) is 0 Å². The summed E-state index contributed by atoms with van der Waals surface area (Å²) < 4.78 is 1.61. The van der Waals surface area contributed by atoms with Gasteiger partial charge in [0, 0.05) is 51.7 Å². The van der Waals surface area contributed by atoms with E-state index < -0.39 is 0 Å². The van der Waals surface area contributed by atoms with Crippen LogP contribution in [-0.4, -0.2) is 63.8 Å². The molecule has 9 heteroatoms. The Hall–Kier alpha value is -3.10. The van der Waals surface area contributed by atoms with E-state index in [0.717, 1.165) is 50.3 Å². The van der Waals surface area contributed by atoms with Gasteiger partial charge in [-0.15, -0.1) is 0 Å². The molecule has 154 valence electrons. The number of hydrogen-bond acceptors (Lipinski definition) is 5. The molecule has 0 spiro atoms. The molecular formula is C20H27N7O2. The fourth-order valence-electron chi connectivity index (χ4n) is 3.90. The molecule has 0 aromatic carbocycles. The lowest BCUT2D eigenvalue weighted by Gasteiger charge is -2.32. The van der Waals surface area contributed by atoms with Gasteiger partial charge >= 0.3 is 6.03 Å². The number of nitrogens with zero attached hydrogens (tertiary/aromatic N) is 5. The first kappa shape index (κ1) is 19.2. The molecule has 0 aliphatic carbocycles. The van der Waals surface area contributed by atoms with Crippen LogP contribution in [0.3, 0.4) is 0 Å². The summed E-state index contributed by atoms with van der Waals surface area (Å²) in [5.41, 5.74) is 1.31. The van der Waals surface area contributed by atoms with Crippen molar-refractivity contribution >= 4 is 23.4 Å². The minimum absolute atomic E-state index is 0.0605. The topological polar surface area (TPSA) is 95.4 Å². The molecule has 2 N–H and O–H groups in total. The zero-order valence-corrected chi connectivity index (χ0v) is 16.7. The van der Waals surface area contributed by atoms with E-state index in [4.69, 9.17) is 0 Å². The van der Waals surface area contributed by atoms with Crippen molar-refractivity contribution < 1.29 is 9.59 Å². The van der Waals surface area contributed by atoms with Crippen molar-refractivity contribution in [3.8, 4) is 0 Å².